The van der Waals surface area contributed by atoms with Gasteiger partial charge in [0.1, 0.15) is 0 Å². The Morgan fingerprint density at radius 1 is 1.37 bits per heavy atom. The molecule has 1 atom stereocenters. The molecule has 0 bridgehead atoms. The smallest absolute Gasteiger partial charge is 0.307 e. The summed E-state index contributed by atoms with van der Waals surface area (Å²) in [6, 6.07) is 7.92. The zero-order valence-corrected chi connectivity index (χ0v) is 11.2. The van der Waals surface area contributed by atoms with Crippen LogP contribution in [-0.2, 0) is 24.7 Å². The van der Waals surface area contributed by atoms with E-state index in [0.717, 1.165) is 16.7 Å². The first-order valence-corrected chi connectivity index (χ1v) is 6.31. The summed E-state index contributed by atoms with van der Waals surface area (Å²) in [5, 5.41) is 13.4. The summed E-state index contributed by atoms with van der Waals surface area (Å²) in [5.41, 5.74) is 3.20. The average Bonchev–Trinajstić information content (AvgIpc) is 2.76. The second-order valence-electron chi connectivity index (χ2n) is 4.89. The molecule has 2 aromatic rings. The lowest BCUT2D eigenvalue weighted by Crippen LogP contribution is -2.19. The van der Waals surface area contributed by atoms with Crippen LogP contribution in [0.4, 0.5) is 0 Å². The van der Waals surface area contributed by atoms with Crippen LogP contribution in [0.5, 0.6) is 0 Å². The molecule has 100 valence electrons. The molecule has 0 spiro atoms. The second-order valence-corrected chi connectivity index (χ2v) is 4.89. The fourth-order valence-corrected chi connectivity index (χ4v) is 2.21. The number of hydrogen-bond donors (Lipinski definition) is 1. The molecular weight excluding hydrogens is 240 g/mol. The Balaban J connectivity index is 2.13. The van der Waals surface area contributed by atoms with Crippen LogP contribution in [0.1, 0.15) is 16.7 Å². The van der Waals surface area contributed by atoms with E-state index in [9.17, 15) is 9.90 Å². The predicted octanol–water partition coefficient (Wildman–Crippen LogP) is 2.21. The van der Waals surface area contributed by atoms with Crippen LogP contribution in [-0.4, -0.2) is 20.9 Å². The normalized spacial score (nSPS) is 12.3. The van der Waals surface area contributed by atoms with Gasteiger partial charge in [0.25, 0.3) is 0 Å². The van der Waals surface area contributed by atoms with Gasteiger partial charge in [0.05, 0.1) is 12.1 Å². The lowest BCUT2D eigenvalue weighted by molar-refractivity contribution is -0.141. The number of carbonyl (C=O) groups is 1. The summed E-state index contributed by atoms with van der Waals surface area (Å²) in [5.74, 6) is -1.17. The third-order valence-electron chi connectivity index (χ3n) is 3.32. The molecule has 0 saturated heterocycles. The average molecular weight is 258 g/mol. The maximum absolute atomic E-state index is 11.4. The molecular formula is C15H18N2O2. The van der Waals surface area contributed by atoms with E-state index in [0.29, 0.717) is 12.8 Å². The van der Waals surface area contributed by atoms with Crippen molar-refractivity contribution in [3.63, 3.8) is 0 Å². The maximum Gasteiger partial charge on any atom is 0.307 e. The third kappa shape index (κ3) is 3.44. The summed E-state index contributed by atoms with van der Waals surface area (Å²) in [6.45, 7) is 2.01. The molecule has 1 unspecified atom stereocenters. The summed E-state index contributed by atoms with van der Waals surface area (Å²) >= 11 is 0. The minimum Gasteiger partial charge on any atom is -0.481 e. The van der Waals surface area contributed by atoms with Crippen molar-refractivity contribution in [2.45, 2.75) is 19.8 Å². The quantitative estimate of drug-likeness (QED) is 0.894. The number of aliphatic carboxylic acids is 1. The van der Waals surface area contributed by atoms with Crippen LogP contribution in [0.3, 0.4) is 0 Å². The van der Waals surface area contributed by atoms with Gasteiger partial charge in [0.15, 0.2) is 0 Å². The van der Waals surface area contributed by atoms with Gasteiger partial charge in [-0.05, 0) is 36.5 Å². The number of hydrogen-bond acceptors (Lipinski definition) is 2. The minimum absolute atomic E-state index is 0.412. The molecule has 19 heavy (non-hydrogen) atoms. The van der Waals surface area contributed by atoms with Crippen molar-refractivity contribution in [3.8, 4) is 0 Å². The highest BCUT2D eigenvalue weighted by molar-refractivity contribution is 5.71. The number of rotatable bonds is 5. The monoisotopic (exact) mass is 258 g/mol. The summed E-state index contributed by atoms with van der Waals surface area (Å²) < 4.78 is 1.70. The number of aromatic nitrogens is 2. The van der Waals surface area contributed by atoms with Crippen LogP contribution < -0.4 is 0 Å². The van der Waals surface area contributed by atoms with Gasteiger partial charge in [-0.2, -0.15) is 5.10 Å². The van der Waals surface area contributed by atoms with E-state index < -0.39 is 11.9 Å². The summed E-state index contributed by atoms with van der Waals surface area (Å²) in [6.07, 6.45) is 4.66. The summed E-state index contributed by atoms with van der Waals surface area (Å²) in [4.78, 5) is 11.4. The van der Waals surface area contributed by atoms with Gasteiger partial charge in [-0.15, -0.1) is 0 Å². The van der Waals surface area contributed by atoms with Crippen molar-refractivity contribution in [3.05, 3.63) is 53.3 Å². The van der Waals surface area contributed by atoms with Crippen LogP contribution in [0, 0.1) is 12.8 Å². The van der Waals surface area contributed by atoms with E-state index in [2.05, 4.69) is 5.10 Å². The number of carboxylic acids is 1. The predicted molar refractivity (Wildman–Crippen MR) is 72.9 cm³/mol. The van der Waals surface area contributed by atoms with Crippen molar-refractivity contribution >= 4 is 5.97 Å². The largest absolute Gasteiger partial charge is 0.481 e. The van der Waals surface area contributed by atoms with E-state index in [1.807, 2.05) is 44.4 Å². The highest BCUT2D eigenvalue weighted by atomic mass is 16.4. The molecule has 1 N–H and O–H groups in total. The number of aryl methyl sites for hydroxylation is 2. The molecule has 0 aliphatic heterocycles. The number of benzene rings is 1. The van der Waals surface area contributed by atoms with E-state index in [-0.39, 0.29) is 0 Å². The Hall–Kier alpha value is -2.10. The van der Waals surface area contributed by atoms with Crippen molar-refractivity contribution in [1.82, 2.24) is 9.78 Å². The molecule has 1 heterocycles. The van der Waals surface area contributed by atoms with Crippen molar-refractivity contribution < 1.29 is 9.90 Å². The van der Waals surface area contributed by atoms with Gasteiger partial charge < -0.3 is 5.11 Å². The SMILES string of the molecule is Cc1ccccc1CC(Cc1cnn(C)c1)C(=O)O. The Bertz CT molecular complexity index is 575. The molecule has 0 aliphatic carbocycles. The van der Waals surface area contributed by atoms with E-state index in [4.69, 9.17) is 0 Å². The Labute approximate surface area is 112 Å². The van der Waals surface area contributed by atoms with Gasteiger partial charge in [-0.1, -0.05) is 24.3 Å². The lowest BCUT2D eigenvalue weighted by atomic mass is 9.92. The molecule has 4 nitrogen and oxygen atoms in total. The first-order valence-electron chi connectivity index (χ1n) is 6.31. The van der Waals surface area contributed by atoms with Crippen molar-refractivity contribution in [1.29, 1.82) is 0 Å². The lowest BCUT2D eigenvalue weighted by Gasteiger charge is -2.13. The van der Waals surface area contributed by atoms with Crippen LogP contribution in [0.25, 0.3) is 0 Å². The third-order valence-corrected chi connectivity index (χ3v) is 3.32. The van der Waals surface area contributed by atoms with Crippen LogP contribution in [0.2, 0.25) is 0 Å². The first kappa shape index (κ1) is 13.3. The van der Waals surface area contributed by atoms with Crippen molar-refractivity contribution in [2.75, 3.05) is 0 Å². The van der Waals surface area contributed by atoms with Gasteiger partial charge in [0.2, 0.25) is 0 Å². The summed E-state index contributed by atoms with van der Waals surface area (Å²) in [7, 11) is 1.83. The van der Waals surface area contributed by atoms with Crippen molar-refractivity contribution in [2.24, 2.45) is 13.0 Å². The van der Waals surface area contributed by atoms with Gasteiger partial charge >= 0.3 is 5.97 Å². The van der Waals surface area contributed by atoms with E-state index >= 15 is 0 Å². The standard InChI is InChI=1S/C15H18N2O2/c1-11-5-3-4-6-13(11)8-14(15(18)19)7-12-9-16-17(2)10-12/h3-6,9-10,14H,7-8H2,1-2H3,(H,18,19). The molecule has 0 amide bonds. The molecule has 1 aromatic carbocycles. The second kappa shape index (κ2) is 5.69. The number of carboxylic acid groups (broad SMARTS) is 1. The Kier molecular flexibility index (Phi) is 4.00. The van der Waals surface area contributed by atoms with Gasteiger partial charge in [-0.25, -0.2) is 0 Å². The van der Waals surface area contributed by atoms with Crippen LogP contribution in [0.15, 0.2) is 36.7 Å². The number of nitrogens with zero attached hydrogens (tertiary/aromatic N) is 2. The van der Waals surface area contributed by atoms with Crippen LogP contribution >= 0.6 is 0 Å². The molecule has 0 aliphatic rings. The topological polar surface area (TPSA) is 55.1 Å². The van der Waals surface area contributed by atoms with E-state index in [1.54, 1.807) is 10.9 Å². The maximum atomic E-state index is 11.4. The molecule has 1 aromatic heterocycles. The zero-order chi connectivity index (χ0) is 13.8. The van der Waals surface area contributed by atoms with E-state index in [1.165, 1.54) is 0 Å². The van der Waals surface area contributed by atoms with Gasteiger partial charge in [-0.3, -0.25) is 9.48 Å². The molecule has 0 fully saturated rings. The highest BCUT2D eigenvalue weighted by Gasteiger charge is 2.20. The molecule has 2 rings (SSSR count). The van der Waals surface area contributed by atoms with Gasteiger partial charge in [0, 0.05) is 13.2 Å². The molecule has 0 saturated carbocycles. The first-order chi connectivity index (χ1) is 9.06. The Morgan fingerprint density at radius 2 is 2.11 bits per heavy atom. The fraction of sp³-hybridized carbons (Fsp3) is 0.333. The Morgan fingerprint density at radius 3 is 2.68 bits per heavy atom. The molecule has 0 radical (unpaired) electrons. The zero-order valence-electron chi connectivity index (χ0n) is 11.2. The molecule has 4 heteroatoms. The minimum atomic E-state index is -0.757. The highest BCUT2D eigenvalue weighted by Crippen LogP contribution is 2.17. The fourth-order valence-electron chi connectivity index (χ4n) is 2.21.